The summed E-state index contributed by atoms with van der Waals surface area (Å²) in [6.45, 7) is 1.98. The Morgan fingerprint density at radius 3 is 2.74 bits per heavy atom. The topological polar surface area (TPSA) is 54.4 Å². The Kier molecular flexibility index (Phi) is 4.81. The van der Waals surface area contributed by atoms with E-state index in [0.717, 1.165) is 10.0 Å². The molecule has 1 aromatic carbocycles. The van der Waals surface area contributed by atoms with Crippen LogP contribution in [0.25, 0.3) is 0 Å². The monoisotopic (exact) mass is 337 g/mol. The van der Waals surface area contributed by atoms with Gasteiger partial charge in [-0.3, -0.25) is 4.98 Å². The first-order valence-corrected chi connectivity index (χ1v) is 7.48. The Morgan fingerprint density at radius 2 is 2.05 bits per heavy atom. The molecule has 0 aliphatic rings. The molecular formula is C13H12BrN3OS. The van der Waals surface area contributed by atoms with Crippen molar-refractivity contribution in [1.82, 2.24) is 9.82 Å². The standard InChI is InChI=1S/C13H12BrN3OS/c1-10-2-4-13(5-3-10)19(18)17-16-9-12-8-11(14)6-7-15-12/h2-9,17H,1H3/b16-9+. The van der Waals surface area contributed by atoms with Crippen LogP contribution < -0.4 is 4.83 Å². The van der Waals surface area contributed by atoms with Crippen molar-refractivity contribution in [2.75, 3.05) is 0 Å². The Morgan fingerprint density at radius 1 is 1.32 bits per heavy atom. The Balaban J connectivity index is 1.98. The van der Waals surface area contributed by atoms with Crippen LogP contribution in [0.5, 0.6) is 0 Å². The first-order valence-electron chi connectivity index (χ1n) is 5.54. The van der Waals surface area contributed by atoms with Crippen molar-refractivity contribution in [3.63, 3.8) is 0 Å². The van der Waals surface area contributed by atoms with E-state index in [1.54, 1.807) is 6.20 Å². The summed E-state index contributed by atoms with van der Waals surface area (Å²) < 4.78 is 12.8. The molecule has 4 nitrogen and oxygen atoms in total. The maximum absolute atomic E-state index is 11.9. The first-order chi connectivity index (χ1) is 9.15. The Labute approximate surface area is 122 Å². The molecule has 1 heterocycles. The number of nitrogens with one attached hydrogen (secondary N) is 1. The molecule has 98 valence electrons. The number of benzene rings is 1. The van der Waals surface area contributed by atoms with Crippen LogP contribution >= 0.6 is 15.9 Å². The molecule has 0 aliphatic carbocycles. The highest BCUT2D eigenvalue weighted by Gasteiger charge is 2.00. The summed E-state index contributed by atoms with van der Waals surface area (Å²) in [5.74, 6) is 0. The molecule has 0 bridgehead atoms. The van der Waals surface area contributed by atoms with Gasteiger partial charge in [-0.15, -0.1) is 0 Å². The largest absolute Gasteiger partial charge is 0.255 e. The second kappa shape index (κ2) is 6.58. The Hall–Kier alpha value is -1.53. The van der Waals surface area contributed by atoms with E-state index in [4.69, 9.17) is 0 Å². The molecule has 0 radical (unpaired) electrons. The number of pyridine rings is 1. The third-order valence-electron chi connectivity index (χ3n) is 2.31. The number of halogens is 1. The van der Waals surface area contributed by atoms with Gasteiger partial charge in [-0.25, -0.2) is 9.04 Å². The van der Waals surface area contributed by atoms with Crippen molar-refractivity contribution >= 4 is 33.1 Å². The van der Waals surface area contributed by atoms with E-state index < -0.39 is 11.0 Å². The lowest BCUT2D eigenvalue weighted by Gasteiger charge is -2.01. The van der Waals surface area contributed by atoms with Gasteiger partial charge in [0.25, 0.3) is 0 Å². The van der Waals surface area contributed by atoms with Crippen LogP contribution in [0.4, 0.5) is 0 Å². The van der Waals surface area contributed by atoms with Gasteiger partial charge < -0.3 is 0 Å². The zero-order valence-corrected chi connectivity index (χ0v) is 12.6. The molecule has 2 rings (SSSR count). The predicted molar refractivity (Wildman–Crippen MR) is 80.3 cm³/mol. The summed E-state index contributed by atoms with van der Waals surface area (Å²) >= 11 is 3.34. The zero-order valence-electron chi connectivity index (χ0n) is 10.2. The van der Waals surface area contributed by atoms with Gasteiger partial charge in [-0.2, -0.15) is 5.10 Å². The summed E-state index contributed by atoms with van der Waals surface area (Å²) in [6, 6.07) is 11.1. The lowest BCUT2D eigenvalue weighted by atomic mass is 10.2. The number of aromatic nitrogens is 1. The van der Waals surface area contributed by atoms with Gasteiger partial charge >= 0.3 is 0 Å². The quantitative estimate of drug-likeness (QED) is 0.688. The second-order valence-electron chi connectivity index (χ2n) is 3.83. The molecule has 0 aliphatic heterocycles. The van der Waals surface area contributed by atoms with Gasteiger partial charge in [0.05, 0.1) is 16.8 Å². The number of hydrogen-bond donors (Lipinski definition) is 1. The van der Waals surface area contributed by atoms with Gasteiger partial charge in [-0.05, 0) is 31.2 Å². The van der Waals surface area contributed by atoms with E-state index in [-0.39, 0.29) is 0 Å². The van der Waals surface area contributed by atoms with Gasteiger partial charge in [-0.1, -0.05) is 33.6 Å². The summed E-state index contributed by atoms with van der Waals surface area (Å²) in [4.78, 5) is 7.36. The van der Waals surface area contributed by atoms with Crippen molar-refractivity contribution in [3.8, 4) is 0 Å². The molecular weight excluding hydrogens is 326 g/mol. The van der Waals surface area contributed by atoms with Crippen LogP contribution in [0.3, 0.4) is 0 Å². The van der Waals surface area contributed by atoms with E-state index in [9.17, 15) is 4.21 Å². The maximum atomic E-state index is 11.9. The fraction of sp³-hybridized carbons (Fsp3) is 0.0769. The summed E-state index contributed by atoms with van der Waals surface area (Å²) in [6.07, 6.45) is 3.19. The lowest BCUT2D eigenvalue weighted by Crippen LogP contribution is -2.10. The summed E-state index contributed by atoms with van der Waals surface area (Å²) in [5, 5.41) is 3.92. The van der Waals surface area contributed by atoms with E-state index >= 15 is 0 Å². The lowest BCUT2D eigenvalue weighted by molar-refractivity contribution is 0.675. The number of nitrogens with zero attached hydrogens (tertiary/aromatic N) is 2. The molecule has 0 amide bonds. The van der Waals surface area contributed by atoms with E-state index in [0.29, 0.717) is 10.6 Å². The number of hydrazone groups is 1. The average molecular weight is 338 g/mol. The Bertz CT molecular complexity index is 614. The van der Waals surface area contributed by atoms with Crippen molar-refractivity contribution in [1.29, 1.82) is 0 Å². The number of hydrogen-bond acceptors (Lipinski definition) is 3. The van der Waals surface area contributed by atoms with Crippen molar-refractivity contribution in [2.45, 2.75) is 11.8 Å². The molecule has 0 saturated heterocycles. The van der Waals surface area contributed by atoms with Crippen LogP contribution in [0, 0.1) is 6.92 Å². The third-order valence-corrected chi connectivity index (χ3v) is 3.78. The first kappa shape index (κ1) is 13.9. The van der Waals surface area contributed by atoms with Crippen molar-refractivity contribution in [3.05, 3.63) is 58.3 Å². The van der Waals surface area contributed by atoms with Crippen LogP contribution in [-0.2, 0) is 11.0 Å². The summed E-state index contributed by atoms with van der Waals surface area (Å²) in [7, 11) is -1.36. The molecule has 0 saturated carbocycles. The second-order valence-corrected chi connectivity index (χ2v) is 5.94. The van der Waals surface area contributed by atoms with Crippen molar-refractivity contribution in [2.24, 2.45) is 5.10 Å². The molecule has 0 fully saturated rings. The highest BCUT2D eigenvalue weighted by atomic mass is 79.9. The van der Waals surface area contributed by atoms with Gasteiger partial charge in [0.1, 0.15) is 0 Å². The highest BCUT2D eigenvalue weighted by molar-refractivity contribution is 9.10. The maximum Gasteiger partial charge on any atom is 0.166 e. The smallest absolute Gasteiger partial charge is 0.166 e. The molecule has 1 aromatic heterocycles. The molecule has 1 unspecified atom stereocenters. The zero-order chi connectivity index (χ0) is 13.7. The van der Waals surface area contributed by atoms with E-state index in [2.05, 4.69) is 30.8 Å². The molecule has 6 heteroatoms. The van der Waals surface area contributed by atoms with Gasteiger partial charge in [0.15, 0.2) is 11.0 Å². The van der Waals surface area contributed by atoms with Crippen LogP contribution in [0.15, 0.2) is 57.1 Å². The molecule has 1 N–H and O–H groups in total. The minimum absolute atomic E-state index is 0.683. The summed E-state index contributed by atoms with van der Waals surface area (Å²) in [5.41, 5.74) is 1.81. The number of aryl methyl sites for hydroxylation is 1. The minimum Gasteiger partial charge on any atom is -0.255 e. The van der Waals surface area contributed by atoms with Crippen molar-refractivity contribution < 1.29 is 4.21 Å². The molecule has 0 spiro atoms. The van der Waals surface area contributed by atoms with Crippen LogP contribution in [0.1, 0.15) is 11.3 Å². The molecule has 2 aromatic rings. The SMILES string of the molecule is Cc1ccc(S(=O)N/N=C/c2cc(Br)ccn2)cc1. The predicted octanol–water partition coefficient (Wildman–Crippen LogP) is 2.80. The number of rotatable bonds is 4. The van der Waals surface area contributed by atoms with Crippen LogP contribution in [-0.4, -0.2) is 15.4 Å². The average Bonchev–Trinajstić information content (AvgIpc) is 2.39. The van der Waals surface area contributed by atoms with Gasteiger partial charge in [0.2, 0.25) is 0 Å². The van der Waals surface area contributed by atoms with E-state index in [1.165, 1.54) is 6.21 Å². The molecule has 19 heavy (non-hydrogen) atoms. The minimum atomic E-state index is -1.36. The fourth-order valence-electron chi connectivity index (χ4n) is 1.35. The fourth-order valence-corrected chi connectivity index (χ4v) is 2.34. The van der Waals surface area contributed by atoms with Gasteiger partial charge in [0, 0.05) is 10.7 Å². The highest BCUT2D eigenvalue weighted by Crippen LogP contribution is 2.08. The molecule has 1 atom stereocenters. The van der Waals surface area contributed by atoms with Crippen LogP contribution in [0.2, 0.25) is 0 Å². The normalized spacial score (nSPS) is 12.5. The van der Waals surface area contributed by atoms with E-state index in [1.807, 2.05) is 43.3 Å². The third kappa shape index (κ3) is 4.25.